The van der Waals surface area contributed by atoms with Gasteiger partial charge in [0.2, 0.25) is 11.2 Å². The number of carbonyl (C=O) groups is 1. The number of ether oxygens (including phenoxy) is 1. The quantitative estimate of drug-likeness (QED) is 0.725. The topological polar surface area (TPSA) is 76.7 Å². The van der Waals surface area contributed by atoms with Crippen LogP contribution < -0.4 is 10.2 Å². The number of hydrogen-bond donors (Lipinski definition) is 1. The number of aryl methyl sites for hydroxylation is 2. The first-order valence-corrected chi connectivity index (χ1v) is 8.39. The molecule has 1 N–H and O–H groups in total. The molecule has 26 heavy (non-hydrogen) atoms. The molecule has 0 aliphatic heterocycles. The van der Waals surface area contributed by atoms with Crippen LogP contribution >= 0.6 is 11.6 Å². The monoisotopic (exact) mass is 372 g/mol. The van der Waals surface area contributed by atoms with E-state index in [0.717, 1.165) is 11.1 Å². The van der Waals surface area contributed by atoms with Gasteiger partial charge < -0.3 is 14.3 Å². The first-order valence-electron chi connectivity index (χ1n) is 8.01. The molecule has 0 spiro atoms. The van der Waals surface area contributed by atoms with Crippen molar-refractivity contribution in [1.29, 1.82) is 0 Å². The van der Waals surface area contributed by atoms with Crippen molar-refractivity contribution in [3.63, 3.8) is 0 Å². The van der Waals surface area contributed by atoms with Crippen LogP contribution in [0.15, 0.2) is 45.6 Å². The van der Waals surface area contributed by atoms with Gasteiger partial charge in [0.05, 0.1) is 5.39 Å². The second-order valence-corrected chi connectivity index (χ2v) is 6.56. The molecular weight excluding hydrogens is 356 g/mol. The molecule has 0 saturated carbocycles. The van der Waals surface area contributed by atoms with Crippen molar-refractivity contribution in [3.05, 3.63) is 62.8 Å². The molecule has 1 aromatic heterocycles. The molecule has 6 heteroatoms. The Morgan fingerprint density at radius 1 is 1.15 bits per heavy atom. The summed E-state index contributed by atoms with van der Waals surface area (Å²) in [5, 5.41) is 10.0. The molecule has 0 unspecified atom stereocenters. The summed E-state index contributed by atoms with van der Waals surface area (Å²) in [7, 11) is 0. The van der Waals surface area contributed by atoms with Crippen molar-refractivity contribution in [2.45, 2.75) is 26.9 Å². The van der Waals surface area contributed by atoms with Gasteiger partial charge in [-0.15, -0.1) is 0 Å². The Bertz CT molecular complexity index is 1050. The zero-order valence-electron chi connectivity index (χ0n) is 14.5. The number of hydrogen-bond acceptors (Lipinski definition) is 4. The van der Waals surface area contributed by atoms with Crippen molar-refractivity contribution in [2.24, 2.45) is 0 Å². The first kappa shape index (κ1) is 18.0. The van der Waals surface area contributed by atoms with Gasteiger partial charge in [-0.3, -0.25) is 4.79 Å². The number of fused-ring (bicyclic) bond motifs is 1. The lowest BCUT2D eigenvalue weighted by Crippen LogP contribution is -2.26. The van der Waals surface area contributed by atoms with Crippen LogP contribution in [0.1, 0.15) is 18.1 Å². The molecule has 0 radical (unpaired) electrons. The summed E-state index contributed by atoms with van der Waals surface area (Å²) in [6.07, 6.45) is -1.20. The standard InChI is InChI=1S/C20H17ClO5/c1-10-8-15-16(9-11(10)2)26-18(13-4-6-14(21)7-5-13)19(17(15)22)25-12(3)20(23)24/h4-9,12H,1-3H3,(H,23,24)/t12-/m0/s1. The van der Waals surface area contributed by atoms with Gasteiger partial charge in [-0.05, 0) is 68.3 Å². The highest BCUT2D eigenvalue weighted by Gasteiger charge is 2.23. The van der Waals surface area contributed by atoms with Crippen LogP contribution in [-0.2, 0) is 4.79 Å². The third-order valence-electron chi connectivity index (χ3n) is 4.21. The minimum Gasteiger partial charge on any atom is -0.479 e. The average Bonchev–Trinajstić information content (AvgIpc) is 2.59. The summed E-state index contributed by atoms with van der Waals surface area (Å²) < 4.78 is 11.4. The summed E-state index contributed by atoms with van der Waals surface area (Å²) in [5.41, 5.74) is 2.49. The van der Waals surface area contributed by atoms with Gasteiger partial charge >= 0.3 is 5.97 Å². The molecule has 1 heterocycles. The molecule has 0 saturated heterocycles. The number of aliphatic carboxylic acids is 1. The van der Waals surface area contributed by atoms with Crippen molar-refractivity contribution < 1.29 is 19.1 Å². The summed E-state index contributed by atoms with van der Waals surface area (Å²) in [4.78, 5) is 24.2. The second-order valence-electron chi connectivity index (χ2n) is 6.13. The number of carboxylic acid groups (broad SMARTS) is 1. The van der Waals surface area contributed by atoms with Gasteiger partial charge in [0.1, 0.15) is 5.58 Å². The van der Waals surface area contributed by atoms with E-state index in [2.05, 4.69) is 0 Å². The molecule has 5 nitrogen and oxygen atoms in total. The Morgan fingerprint density at radius 3 is 2.38 bits per heavy atom. The number of halogens is 1. The van der Waals surface area contributed by atoms with Crippen LogP contribution in [0.5, 0.6) is 5.75 Å². The van der Waals surface area contributed by atoms with Crippen molar-refractivity contribution in [2.75, 3.05) is 0 Å². The molecule has 2 aromatic carbocycles. The summed E-state index contributed by atoms with van der Waals surface area (Å²) in [5.74, 6) is -1.12. The third-order valence-corrected chi connectivity index (χ3v) is 4.47. The lowest BCUT2D eigenvalue weighted by atomic mass is 10.0. The van der Waals surface area contributed by atoms with Crippen molar-refractivity contribution in [1.82, 2.24) is 0 Å². The Morgan fingerprint density at radius 2 is 1.77 bits per heavy atom. The highest BCUT2D eigenvalue weighted by Crippen LogP contribution is 2.33. The second kappa shape index (κ2) is 6.84. The molecule has 1 atom stereocenters. The van der Waals surface area contributed by atoms with E-state index in [1.807, 2.05) is 13.8 Å². The first-order chi connectivity index (χ1) is 12.3. The van der Waals surface area contributed by atoms with Crippen LogP contribution in [0, 0.1) is 13.8 Å². The fraction of sp³-hybridized carbons (Fsp3) is 0.200. The molecule has 0 fully saturated rings. The smallest absolute Gasteiger partial charge is 0.344 e. The van der Waals surface area contributed by atoms with Crippen LogP contribution in [-0.4, -0.2) is 17.2 Å². The highest BCUT2D eigenvalue weighted by molar-refractivity contribution is 6.30. The maximum absolute atomic E-state index is 13.0. The summed E-state index contributed by atoms with van der Waals surface area (Å²) in [6, 6.07) is 10.2. The SMILES string of the molecule is Cc1cc2oc(-c3ccc(Cl)cc3)c(O[C@@H](C)C(=O)O)c(=O)c2cc1C. The molecule has 0 bridgehead atoms. The molecule has 3 aromatic rings. The van der Waals surface area contributed by atoms with Crippen LogP contribution in [0.4, 0.5) is 0 Å². The maximum atomic E-state index is 13.0. The minimum atomic E-state index is -1.20. The van der Waals surface area contributed by atoms with Crippen LogP contribution in [0.25, 0.3) is 22.3 Å². The fourth-order valence-electron chi connectivity index (χ4n) is 2.56. The molecule has 0 amide bonds. The van der Waals surface area contributed by atoms with Gasteiger partial charge in [0, 0.05) is 10.6 Å². The predicted octanol–water partition coefficient (Wildman–Crippen LogP) is 4.58. The van der Waals surface area contributed by atoms with Gasteiger partial charge in [-0.1, -0.05) is 11.6 Å². The fourth-order valence-corrected chi connectivity index (χ4v) is 2.68. The van der Waals surface area contributed by atoms with Crippen LogP contribution in [0.2, 0.25) is 5.02 Å². The van der Waals surface area contributed by atoms with Crippen molar-refractivity contribution in [3.8, 4) is 17.1 Å². The summed E-state index contributed by atoms with van der Waals surface area (Å²) >= 11 is 5.93. The van der Waals surface area contributed by atoms with Gasteiger partial charge in [-0.2, -0.15) is 0 Å². The van der Waals surface area contributed by atoms with E-state index in [9.17, 15) is 9.59 Å². The molecule has 3 rings (SSSR count). The average molecular weight is 373 g/mol. The summed E-state index contributed by atoms with van der Waals surface area (Å²) in [6.45, 7) is 5.17. The van der Waals surface area contributed by atoms with E-state index in [4.69, 9.17) is 25.9 Å². The van der Waals surface area contributed by atoms with Gasteiger partial charge in [-0.25, -0.2) is 4.79 Å². The number of benzene rings is 2. The molecular formula is C20H17ClO5. The van der Waals surface area contributed by atoms with Gasteiger partial charge in [0.15, 0.2) is 11.9 Å². The molecule has 0 aliphatic rings. The predicted molar refractivity (Wildman–Crippen MR) is 100 cm³/mol. The molecule has 0 aliphatic carbocycles. The maximum Gasteiger partial charge on any atom is 0.344 e. The normalized spacial score (nSPS) is 12.2. The zero-order chi connectivity index (χ0) is 19.0. The Labute approximate surface area is 154 Å². The Hall–Kier alpha value is -2.79. The largest absolute Gasteiger partial charge is 0.479 e. The zero-order valence-corrected chi connectivity index (χ0v) is 15.3. The van der Waals surface area contributed by atoms with E-state index in [0.29, 0.717) is 21.6 Å². The van der Waals surface area contributed by atoms with E-state index >= 15 is 0 Å². The van der Waals surface area contributed by atoms with Gasteiger partial charge in [0.25, 0.3) is 0 Å². The van der Waals surface area contributed by atoms with E-state index in [1.165, 1.54) is 6.92 Å². The van der Waals surface area contributed by atoms with Crippen LogP contribution in [0.3, 0.4) is 0 Å². The van der Waals surface area contributed by atoms with E-state index < -0.39 is 17.5 Å². The third kappa shape index (κ3) is 3.30. The Kier molecular flexibility index (Phi) is 4.74. The van der Waals surface area contributed by atoms with E-state index in [-0.39, 0.29) is 11.5 Å². The Balaban J connectivity index is 2.32. The lowest BCUT2D eigenvalue weighted by Gasteiger charge is -2.15. The van der Waals surface area contributed by atoms with E-state index in [1.54, 1.807) is 36.4 Å². The number of carboxylic acids is 1. The minimum absolute atomic E-state index is 0.127. The van der Waals surface area contributed by atoms with Crippen molar-refractivity contribution >= 4 is 28.5 Å². The highest BCUT2D eigenvalue weighted by atomic mass is 35.5. The molecule has 134 valence electrons. The lowest BCUT2D eigenvalue weighted by molar-refractivity contribution is -0.144. The number of rotatable bonds is 4.